The Morgan fingerprint density at radius 1 is 1.17 bits per heavy atom. The molecule has 2 bridgehead atoms. The number of benzene rings is 1. The molecule has 0 radical (unpaired) electrons. The molecule has 2 atom stereocenters. The predicted octanol–water partition coefficient (Wildman–Crippen LogP) is 3.71. The summed E-state index contributed by atoms with van der Waals surface area (Å²) in [5.74, 6) is 1.67. The molecule has 1 saturated carbocycles. The van der Waals surface area contributed by atoms with Gasteiger partial charge in [-0.05, 0) is 59.2 Å². The van der Waals surface area contributed by atoms with Crippen LogP contribution in [0.25, 0.3) is 0 Å². The Kier molecular flexibility index (Phi) is 3.42. The van der Waals surface area contributed by atoms with Crippen molar-refractivity contribution in [1.82, 2.24) is 4.90 Å². The average molecular weight is 308 g/mol. The zero-order valence-electron chi connectivity index (χ0n) is 10.4. The van der Waals surface area contributed by atoms with Crippen molar-refractivity contribution in [3.05, 3.63) is 34.3 Å². The zero-order valence-corrected chi connectivity index (χ0v) is 12.0. The summed E-state index contributed by atoms with van der Waals surface area (Å²) in [7, 11) is 0. The number of nitrogens with zero attached hydrogens (tertiary/aromatic N) is 1. The molecule has 0 N–H and O–H groups in total. The fourth-order valence-corrected chi connectivity index (χ4v) is 3.86. The molecule has 1 amide bonds. The standard InChI is InChI=1S/C15H18BrNO/c16-14-7-2-1-6-13(14)15(18)17-9-11-4-3-5-12(8-11)10-17/h1-2,6-7,11-12H,3-5,8-10H2. The van der Waals surface area contributed by atoms with E-state index in [0.717, 1.165) is 35.0 Å². The molecule has 18 heavy (non-hydrogen) atoms. The zero-order chi connectivity index (χ0) is 12.5. The summed E-state index contributed by atoms with van der Waals surface area (Å²) in [4.78, 5) is 14.6. The molecule has 1 heterocycles. The first-order valence-corrected chi connectivity index (χ1v) is 7.57. The van der Waals surface area contributed by atoms with Crippen LogP contribution in [0, 0.1) is 11.8 Å². The minimum absolute atomic E-state index is 0.194. The van der Waals surface area contributed by atoms with Gasteiger partial charge in [-0.15, -0.1) is 0 Å². The van der Waals surface area contributed by atoms with Crippen LogP contribution in [0.3, 0.4) is 0 Å². The van der Waals surface area contributed by atoms with E-state index in [-0.39, 0.29) is 5.91 Å². The molecule has 0 aromatic heterocycles. The van der Waals surface area contributed by atoms with Crippen molar-refractivity contribution in [1.29, 1.82) is 0 Å². The van der Waals surface area contributed by atoms with Crippen molar-refractivity contribution in [2.45, 2.75) is 25.7 Å². The van der Waals surface area contributed by atoms with Crippen LogP contribution in [0.5, 0.6) is 0 Å². The third-order valence-corrected chi connectivity index (χ3v) is 4.93. The first kappa shape index (κ1) is 12.2. The topological polar surface area (TPSA) is 20.3 Å². The van der Waals surface area contributed by atoms with Gasteiger partial charge in [0, 0.05) is 17.6 Å². The fraction of sp³-hybridized carbons (Fsp3) is 0.533. The number of hydrogen-bond donors (Lipinski definition) is 0. The van der Waals surface area contributed by atoms with Crippen molar-refractivity contribution in [3.63, 3.8) is 0 Å². The van der Waals surface area contributed by atoms with Gasteiger partial charge >= 0.3 is 0 Å². The molecule has 3 heteroatoms. The molecule has 1 saturated heterocycles. The summed E-state index contributed by atoms with van der Waals surface area (Å²) in [6.07, 6.45) is 5.29. The SMILES string of the molecule is O=C(c1ccccc1Br)N1CC2CCCC(C2)C1. The molecule has 1 aromatic rings. The van der Waals surface area contributed by atoms with Crippen LogP contribution in [0.1, 0.15) is 36.0 Å². The van der Waals surface area contributed by atoms with E-state index in [1.165, 1.54) is 25.7 Å². The number of hydrogen-bond acceptors (Lipinski definition) is 1. The molecule has 2 fully saturated rings. The predicted molar refractivity (Wildman–Crippen MR) is 75.5 cm³/mol. The molecule has 0 spiro atoms. The van der Waals surface area contributed by atoms with Crippen molar-refractivity contribution in [2.24, 2.45) is 11.8 Å². The molecular formula is C15H18BrNO. The van der Waals surface area contributed by atoms with Crippen LogP contribution in [0.2, 0.25) is 0 Å². The molecule has 1 aromatic carbocycles. The number of likely N-dealkylation sites (tertiary alicyclic amines) is 1. The molecule has 1 aliphatic heterocycles. The Hall–Kier alpha value is -0.830. The van der Waals surface area contributed by atoms with Crippen molar-refractivity contribution in [2.75, 3.05) is 13.1 Å². The van der Waals surface area contributed by atoms with Crippen LogP contribution in [-0.4, -0.2) is 23.9 Å². The minimum atomic E-state index is 0.194. The molecular weight excluding hydrogens is 290 g/mol. The maximum absolute atomic E-state index is 12.5. The highest BCUT2D eigenvalue weighted by atomic mass is 79.9. The van der Waals surface area contributed by atoms with Gasteiger partial charge in [-0.3, -0.25) is 4.79 Å². The summed E-state index contributed by atoms with van der Waals surface area (Å²) in [5, 5.41) is 0. The highest BCUT2D eigenvalue weighted by Crippen LogP contribution is 2.35. The van der Waals surface area contributed by atoms with Crippen molar-refractivity contribution < 1.29 is 4.79 Å². The van der Waals surface area contributed by atoms with Crippen LogP contribution in [-0.2, 0) is 0 Å². The van der Waals surface area contributed by atoms with Gasteiger partial charge in [-0.2, -0.15) is 0 Å². The van der Waals surface area contributed by atoms with E-state index < -0.39 is 0 Å². The number of rotatable bonds is 1. The highest BCUT2D eigenvalue weighted by Gasteiger charge is 2.33. The number of fused-ring (bicyclic) bond motifs is 2. The lowest BCUT2D eigenvalue weighted by Gasteiger charge is -2.41. The molecule has 2 unspecified atom stereocenters. The summed E-state index contributed by atoms with van der Waals surface area (Å²) in [6, 6.07) is 7.74. The second-order valence-corrected chi connectivity index (χ2v) is 6.44. The normalized spacial score (nSPS) is 27.1. The van der Waals surface area contributed by atoms with Crippen LogP contribution in [0.4, 0.5) is 0 Å². The maximum atomic E-state index is 12.5. The second-order valence-electron chi connectivity index (χ2n) is 5.59. The molecule has 2 aliphatic rings. The lowest BCUT2D eigenvalue weighted by Crippen LogP contribution is -2.45. The van der Waals surface area contributed by atoms with Crippen LogP contribution >= 0.6 is 15.9 Å². The number of piperidine rings is 1. The van der Waals surface area contributed by atoms with Crippen molar-refractivity contribution >= 4 is 21.8 Å². The maximum Gasteiger partial charge on any atom is 0.255 e. The van der Waals surface area contributed by atoms with Gasteiger partial charge < -0.3 is 4.90 Å². The number of halogens is 1. The summed E-state index contributed by atoms with van der Waals surface area (Å²) >= 11 is 3.48. The summed E-state index contributed by atoms with van der Waals surface area (Å²) in [6.45, 7) is 1.91. The Labute approximate surface area is 116 Å². The lowest BCUT2D eigenvalue weighted by molar-refractivity contribution is 0.0503. The van der Waals surface area contributed by atoms with Gasteiger partial charge in [0.05, 0.1) is 5.56 Å². The molecule has 2 nitrogen and oxygen atoms in total. The number of carbonyl (C=O) groups is 1. The van der Waals surface area contributed by atoms with E-state index in [1.807, 2.05) is 24.3 Å². The number of carbonyl (C=O) groups excluding carboxylic acids is 1. The summed E-state index contributed by atoms with van der Waals surface area (Å²) < 4.78 is 0.908. The Morgan fingerprint density at radius 3 is 2.50 bits per heavy atom. The largest absolute Gasteiger partial charge is 0.338 e. The number of amides is 1. The van der Waals surface area contributed by atoms with Gasteiger partial charge in [0.2, 0.25) is 0 Å². The molecule has 96 valence electrons. The minimum Gasteiger partial charge on any atom is -0.338 e. The molecule has 3 rings (SSSR count). The van der Waals surface area contributed by atoms with E-state index in [0.29, 0.717) is 0 Å². The van der Waals surface area contributed by atoms with E-state index in [1.54, 1.807) is 0 Å². The second kappa shape index (κ2) is 5.04. The van der Waals surface area contributed by atoms with E-state index >= 15 is 0 Å². The quantitative estimate of drug-likeness (QED) is 0.774. The van der Waals surface area contributed by atoms with Crippen LogP contribution < -0.4 is 0 Å². The van der Waals surface area contributed by atoms with Gasteiger partial charge in [0.15, 0.2) is 0 Å². The van der Waals surface area contributed by atoms with Gasteiger partial charge in [0.25, 0.3) is 5.91 Å². The summed E-state index contributed by atoms with van der Waals surface area (Å²) in [5.41, 5.74) is 0.803. The average Bonchev–Trinajstić information content (AvgIpc) is 2.38. The highest BCUT2D eigenvalue weighted by molar-refractivity contribution is 9.10. The Balaban J connectivity index is 1.79. The lowest BCUT2D eigenvalue weighted by atomic mass is 9.78. The van der Waals surface area contributed by atoms with Gasteiger partial charge in [0.1, 0.15) is 0 Å². The first-order chi connectivity index (χ1) is 8.74. The smallest absolute Gasteiger partial charge is 0.255 e. The van der Waals surface area contributed by atoms with Crippen molar-refractivity contribution in [3.8, 4) is 0 Å². The third-order valence-electron chi connectivity index (χ3n) is 4.24. The molecule has 1 aliphatic carbocycles. The first-order valence-electron chi connectivity index (χ1n) is 6.78. The monoisotopic (exact) mass is 307 g/mol. The van der Waals surface area contributed by atoms with Gasteiger partial charge in [-0.1, -0.05) is 18.6 Å². The third kappa shape index (κ3) is 2.33. The van der Waals surface area contributed by atoms with E-state index in [9.17, 15) is 4.79 Å². The van der Waals surface area contributed by atoms with E-state index in [4.69, 9.17) is 0 Å². The Morgan fingerprint density at radius 2 is 1.83 bits per heavy atom. The van der Waals surface area contributed by atoms with E-state index in [2.05, 4.69) is 20.8 Å². The Bertz CT molecular complexity index is 448. The van der Waals surface area contributed by atoms with Gasteiger partial charge in [-0.25, -0.2) is 0 Å². The van der Waals surface area contributed by atoms with Crippen LogP contribution in [0.15, 0.2) is 28.7 Å². The fourth-order valence-electron chi connectivity index (χ4n) is 3.40.